The predicted octanol–water partition coefficient (Wildman–Crippen LogP) is 3.70. The molecule has 1 aliphatic heterocycles. The van der Waals surface area contributed by atoms with Crippen molar-refractivity contribution in [2.24, 2.45) is 0 Å². The van der Waals surface area contributed by atoms with Crippen LogP contribution in [0.1, 0.15) is 35.0 Å². The second kappa shape index (κ2) is 7.74. The molecular weight excluding hydrogens is 343 g/mol. The Bertz CT molecular complexity index is 764. The molecule has 5 nitrogen and oxygen atoms in total. The molecule has 0 aliphatic carbocycles. The fourth-order valence-corrected chi connectivity index (χ4v) is 3.40. The Morgan fingerprint density at radius 2 is 2.24 bits per heavy atom. The van der Waals surface area contributed by atoms with Gasteiger partial charge < -0.3 is 14.6 Å². The lowest BCUT2D eigenvalue weighted by Gasteiger charge is -2.23. The molecule has 0 spiro atoms. The van der Waals surface area contributed by atoms with E-state index in [0.29, 0.717) is 6.54 Å². The number of hydrogen-bond donors (Lipinski definition) is 1. The SMILES string of the molecule is CSCC(=O)Nc1cc(F)cc(C(=O)N2CCCC2c2ccco2)c1. The summed E-state index contributed by atoms with van der Waals surface area (Å²) in [6.45, 7) is 0.592. The number of halogens is 1. The van der Waals surface area contributed by atoms with Crippen LogP contribution in [0.4, 0.5) is 10.1 Å². The molecule has 1 aromatic carbocycles. The van der Waals surface area contributed by atoms with Crippen molar-refractivity contribution in [2.45, 2.75) is 18.9 Å². The second-order valence-electron chi connectivity index (χ2n) is 5.88. The van der Waals surface area contributed by atoms with Crippen molar-refractivity contribution in [3.05, 3.63) is 53.7 Å². The number of benzene rings is 1. The number of furan rings is 1. The van der Waals surface area contributed by atoms with E-state index >= 15 is 0 Å². The molecule has 0 bridgehead atoms. The highest BCUT2D eigenvalue weighted by Crippen LogP contribution is 2.33. The third-order valence-corrected chi connectivity index (χ3v) is 4.64. The molecule has 1 aromatic heterocycles. The first-order valence-electron chi connectivity index (χ1n) is 8.02. The van der Waals surface area contributed by atoms with Crippen LogP contribution >= 0.6 is 11.8 Å². The topological polar surface area (TPSA) is 62.6 Å². The lowest BCUT2D eigenvalue weighted by molar-refractivity contribution is -0.113. The van der Waals surface area contributed by atoms with Gasteiger partial charge in [0.25, 0.3) is 5.91 Å². The summed E-state index contributed by atoms with van der Waals surface area (Å²) in [5, 5.41) is 2.62. The van der Waals surface area contributed by atoms with Crippen molar-refractivity contribution in [2.75, 3.05) is 23.9 Å². The summed E-state index contributed by atoms with van der Waals surface area (Å²) in [6, 6.07) is 7.42. The van der Waals surface area contributed by atoms with Crippen LogP contribution in [0.3, 0.4) is 0 Å². The highest BCUT2D eigenvalue weighted by atomic mass is 32.2. The molecule has 0 saturated carbocycles. The van der Waals surface area contributed by atoms with Crippen molar-refractivity contribution in [1.82, 2.24) is 4.90 Å². The maximum absolute atomic E-state index is 13.9. The summed E-state index contributed by atoms with van der Waals surface area (Å²) in [5.41, 5.74) is 0.508. The molecule has 0 radical (unpaired) electrons. The van der Waals surface area contributed by atoms with Gasteiger partial charge >= 0.3 is 0 Å². The van der Waals surface area contributed by atoms with Crippen LogP contribution in [0.15, 0.2) is 41.0 Å². The van der Waals surface area contributed by atoms with Crippen molar-refractivity contribution in [1.29, 1.82) is 0 Å². The molecule has 3 rings (SSSR count). The first kappa shape index (κ1) is 17.5. The van der Waals surface area contributed by atoms with E-state index in [-0.39, 0.29) is 34.9 Å². The molecule has 1 unspecified atom stereocenters. The van der Waals surface area contributed by atoms with Crippen LogP contribution in [0, 0.1) is 5.82 Å². The number of carbonyl (C=O) groups excluding carboxylic acids is 2. The molecule has 1 N–H and O–H groups in total. The summed E-state index contributed by atoms with van der Waals surface area (Å²) in [6.07, 6.45) is 5.07. The molecule has 7 heteroatoms. The van der Waals surface area contributed by atoms with Crippen molar-refractivity contribution in [3.63, 3.8) is 0 Å². The second-order valence-corrected chi connectivity index (χ2v) is 6.75. The Hall–Kier alpha value is -2.28. The molecule has 132 valence electrons. The number of carbonyl (C=O) groups is 2. The highest BCUT2D eigenvalue weighted by Gasteiger charge is 2.32. The lowest BCUT2D eigenvalue weighted by Crippen LogP contribution is -2.30. The number of hydrogen-bond acceptors (Lipinski definition) is 4. The van der Waals surface area contributed by atoms with Crippen LogP contribution < -0.4 is 5.32 Å². The van der Waals surface area contributed by atoms with Gasteiger partial charge in [-0.15, -0.1) is 0 Å². The summed E-state index contributed by atoms with van der Waals surface area (Å²) >= 11 is 1.37. The quantitative estimate of drug-likeness (QED) is 0.881. The minimum Gasteiger partial charge on any atom is -0.467 e. The van der Waals surface area contributed by atoms with Gasteiger partial charge in [-0.2, -0.15) is 11.8 Å². The number of likely N-dealkylation sites (tertiary alicyclic amines) is 1. The van der Waals surface area contributed by atoms with Gasteiger partial charge in [0.05, 0.1) is 18.1 Å². The standard InChI is InChI=1S/C18H19FN2O3S/c1-25-11-17(22)20-14-9-12(8-13(19)10-14)18(23)21-6-2-4-15(21)16-5-3-7-24-16/h3,5,7-10,15H,2,4,6,11H2,1H3,(H,20,22). The monoisotopic (exact) mass is 362 g/mol. The van der Waals surface area contributed by atoms with Gasteiger partial charge in [-0.05, 0) is 49.4 Å². The largest absolute Gasteiger partial charge is 0.467 e. The molecule has 1 fully saturated rings. The van der Waals surface area contributed by atoms with Gasteiger partial charge in [-0.25, -0.2) is 4.39 Å². The third kappa shape index (κ3) is 4.04. The van der Waals surface area contributed by atoms with E-state index in [2.05, 4.69) is 5.32 Å². The Balaban J connectivity index is 1.81. The zero-order valence-electron chi connectivity index (χ0n) is 13.8. The molecule has 1 atom stereocenters. The van der Waals surface area contributed by atoms with E-state index in [4.69, 9.17) is 4.42 Å². The molecule has 2 aromatic rings. The maximum atomic E-state index is 13.9. The molecular formula is C18H19FN2O3S. The van der Waals surface area contributed by atoms with Crippen LogP contribution in [0.5, 0.6) is 0 Å². The Morgan fingerprint density at radius 1 is 1.40 bits per heavy atom. The predicted molar refractivity (Wildman–Crippen MR) is 95.1 cm³/mol. The Labute approximate surface area is 149 Å². The molecule has 2 heterocycles. The van der Waals surface area contributed by atoms with Gasteiger partial charge in [0.2, 0.25) is 5.91 Å². The Kier molecular flexibility index (Phi) is 5.43. The maximum Gasteiger partial charge on any atom is 0.254 e. The van der Waals surface area contributed by atoms with Gasteiger partial charge in [0.15, 0.2) is 0 Å². The third-order valence-electron chi connectivity index (χ3n) is 4.09. The van der Waals surface area contributed by atoms with E-state index in [1.165, 1.54) is 30.0 Å². The molecule has 2 amide bonds. The van der Waals surface area contributed by atoms with Crippen LogP contribution in [-0.2, 0) is 4.79 Å². The highest BCUT2D eigenvalue weighted by molar-refractivity contribution is 7.99. The molecule has 25 heavy (non-hydrogen) atoms. The average Bonchev–Trinajstić information content (AvgIpc) is 3.24. The van der Waals surface area contributed by atoms with Gasteiger partial charge in [0.1, 0.15) is 11.6 Å². The van der Waals surface area contributed by atoms with Gasteiger partial charge in [-0.1, -0.05) is 0 Å². The molecule has 1 aliphatic rings. The molecule has 1 saturated heterocycles. The van der Waals surface area contributed by atoms with Gasteiger partial charge in [-0.3, -0.25) is 9.59 Å². The minimum absolute atomic E-state index is 0.139. The van der Waals surface area contributed by atoms with E-state index in [1.807, 2.05) is 12.3 Å². The number of thioether (sulfide) groups is 1. The van der Waals surface area contributed by atoms with Crippen molar-refractivity contribution in [3.8, 4) is 0 Å². The van der Waals surface area contributed by atoms with Crippen molar-refractivity contribution >= 4 is 29.3 Å². The first-order valence-corrected chi connectivity index (χ1v) is 9.41. The summed E-state index contributed by atoms with van der Waals surface area (Å²) in [7, 11) is 0. The van der Waals surface area contributed by atoms with E-state index < -0.39 is 5.82 Å². The number of amides is 2. The summed E-state index contributed by atoms with van der Waals surface area (Å²) < 4.78 is 19.4. The smallest absolute Gasteiger partial charge is 0.254 e. The van der Waals surface area contributed by atoms with Crippen LogP contribution in [0.2, 0.25) is 0 Å². The number of nitrogens with zero attached hydrogens (tertiary/aromatic N) is 1. The minimum atomic E-state index is -0.556. The number of nitrogens with one attached hydrogen (secondary N) is 1. The average molecular weight is 362 g/mol. The summed E-state index contributed by atoms with van der Waals surface area (Å²) in [5.74, 6) is -0.0494. The van der Waals surface area contributed by atoms with Crippen LogP contribution in [0.25, 0.3) is 0 Å². The zero-order chi connectivity index (χ0) is 17.8. The Morgan fingerprint density at radius 3 is 2.96 bits per heavy atom. The van der Waals surface area contributed by atoms with Crippen molar-refractivity contribution < 1.29 is 18.4 Å². The van der Waals surface area contributed by atoms with Crippen LogP contribution in [-0.4, -0.2) is 35.3 Å². The van der Waals surface area contributed by atoms with E-state index in [0.717, 1.165) is 18.6 Å². The normalized spacial score (nSPS) is 16.9. The fraction of sp³-hybridized carbons (Fsp3) is 0.333. The van der Waals surface area contributed by atoms with E-state index in [1.54, 1.807) is 17.2 Å². The first-order chi connectivity index (χ1) is 12.1. The number of anilines is 1. The zero-order valence-corrected chi connectivity index (χ0v) is 14.6. The fourth-order valence-electron chi connectivity index (χ4n) is 3.07. The van der Waals surface area contributed by atoms with E-state index in [9.17, 15) is 14.0 Å². The number of rotatable bonds is 5. The van der Waals surface area contributed by atoms with Gasteiger partial charge in [0, 0.05) is 17.8 Å². The summed E-state index contributed by atoms with van der Waals surface area (Å²) in [4.78, 5) is 26.3. The lowest BCUT2D eigenvalue weighted by atomic mass is 10.1.